The highest BCUT2D eigenvalue weighted by Gasteiger charge is 2.30. The zero-order valence-corrected chi connectivity index (χ0v) is 20.6. The van der Waals surface area contributed by atoms with Gasteiger partial charge in [0, 0.05) is 67.2 Å². The van der Waals surface area contributed by atoms with Crippen LogP contribution in [0.3, 0.4) is 0 Å². The summed E-state index contributed by atoms with van der Waals surface area (Å²) in [5.74, 6) is 0.920. The van der Waals surface area contributed by atoms with E-state index < -0.39 is 0 Å². The van der Waals surface area contributed by atoms with Crippen LogP contribution in [0.15, 0.2) is 67.3 Å². The van der Waals surface area contributed by atoms with E-state index >= 15 is 0 Å². The minimum absolute atomic E-state index is 0. The zero-order chi connectivity index (χ0) is 23.5. The Bertz CT molecular complexity index is 1270. The summed E-state index contributed by atoms with van der Waals surface area (Å²) >= 11 is 0. The van der Waals surface area contributed by atoms with Crippen LogP contribution >= 0.6 is 12.4 Å². The average molecular weight is 490 g/mol. The van der Waals surface area contributed by atoms with Crippen LogP contribution in [0.2, 0.25) is 0 Å². The molecule has 9 heteroatoms. The maximum atomic E-state index is 11.7. The number of carbonyl (C=O) groups is 1. The van der Waals surface area contributed by atoms with Gasteiger partial charge in [-0.1, -0.05) is 30.3 Å². The number of benzene rings is 1. The molecule has 1 aromatic carbocycles. The highest BCUT2D eigenvalue weighted by Crippen LogP contribution is 2.32. The molecule has 0 spiro atoms. The summed E-state index contributed by atoms with van der Waals surface area (Å²) in [6.07, 6.45) is 7.21. The van der Waals surface area contributed by atoms with Gasteiger partial charge in [0.05, 0.1) is 17.9 Å². The molecule has 0 bridgehead atoms. The molecule has 4 aromatic rings. The van der Waals surface area contributed by atoms with Crippen molar-refractivity contribution >= 4 is 24.0 Å². The summed E-state index contributed by atoms with van der Waals surface area (Å²) in [6, 6.07) is 13.7. The Morgan fingerprint density at radius 3 is 2.31 bits per heavy atom. The number of aromatic amines is 1. The van der Waals surface area contributed by atoms with Crippen LogP contribution < -0.4 is 4.90 Å². The first-order valence-electron chi connectivity index (χ1n) is 11.4. The summed E-state index contributed by atoms with van der Waals surface area (Å²) in [5, 5.41) is 7.33. The number of Topliss-reactive ketones (excluding diaryl/α,β-unsaturated/α-hetero) is 1. The van der Waals surface area contributed by atoms with Crippen molar-refractivity contribution in [2.75, 3.05) is 31.1 Å². The molecule has 180 valence electrons. The largest absolute Gasteiger partial charge is 0.352 e. The molecule has 1 saturated heterocycles. The van der Waals surface area contributed by atoms with Crippen molar-refractivity contribution in [3.05, 3.63) is 89.8 Å². The Morgan fingerprint density at radius 1 is 0.943 bits per heavy atom. The van der Waals surface area contributed by atoms with E-state index in [0.717, 1.165) is 60.2 Å². The third-order valence-electron chi connectivity index (χ3n) is 6.35. The molecule has 0 amide bonds. The first-order chi connectivity index (χ1) is 16.6. The number of aromatic nitrogens is 5. The Labute approximate surface area is 210 Å². The molecule has 1 N–H and O–H groups in total. The lowest BCUT2D eigenvalue weighted by Crippen LogP contribution is -2.48. The van der Waals surface area contributed by atoms with E-state index in [4.69, 9.17) is 0 Å². The molecular weight excluding hydrogens is 462 g/mol. The first-order valence-corrected chi connectivity index (χ1v) is 11.4. The average Bonchev–Trinajstić information content (AvgIpc) is 3.30. The number of anilines is 1. The van der Waals surface area contributed by atoms with Crippen molar-refractivity contribution in [3.8, 4) is 11.3 Å². The van der Waals surface area contributed by atoms with E-state index in [2.05, 4.69) is 47.9 Å². The quantitative estimate of drug-likeness (QED) is 0.407. The first kappa shape index (κ1) is 24.5. The number of hydrogen-bond donors (Lipinski definition) is 1. The number of hydrogen-bond acceptors (Lipinski definition) is 7. The highest BCUT2D eigenvalue weighted by atomic mass is 35.5. The Hall–Kier alpha value is -3.62. The van der Waals surface area contributed by atoms with Crippen molar-refractivity contribution in [3.63, 3.8) is 0 Å². The zero-order valence-electron chi connectivity index (χ0n) is 19.8. The maximum Gasteiger partial charge on any atom is 0.159 e. The minimum Gasteiger partial charge on any atom is -0.352 e. The van der Waals surface area contributed by atoms with Crippen molar-refractivity contribution in [1.82, 2.24) is 30.0 Å². The van der Waals surface area contributed by atoms with E-state index in [-0.39, 0.29) is 24.2 Å². The highest BCUT2D eigenvalue weighted by molar-refractivity contribution is 5.94. The Balaban J connectivity index is 0.00000289. The molecule has 8 nitrogen and oxygen atoms in total. The molecule has 0 saturated carbocycles. The number of carbonyl (C=O) groups excluding carboxylic acids is 1. The number of rotatable bonds is 6. The van der Waals surface area contributed by atoms with E-state index in [1.54, 1.807) is 19.3 Å². The monoisotopic (exact) mass is 489 g/mol. The van der Waals surface area contributed by atoms with Crippen molar-refractivity contribution in [2.45, 2.75) is 19.9 Å². The van der Waals surface area contributed by atoms with Gasteiger partial charge in [0.2, 0.25) is 0 Å². The normalized spacial score (nSPS) is 14.9. The maximum absolute atomic E-state index is 11.7. The molecule has 35 heavy (non-hydrogen) atoms. The van der Waals surface area contributed by atoms with Gasteiger partial charge >= 0.3 is 0 Å². The topological polar surface area (TPSA) is 90.9 Å². The second-order valence-corrected chi connectivity index (χ2v) is 8.49. The second kappa shape index (κ2) is 10.8. The number of aryl methyl sites for hydroxylation is 1. The molecule has 1 atom stereocenters. The summed E-state index contributed by atoms with van der Waals surface area (Å²) < 4.78 is 0. The Kier molecular flexibility index (Phi) is 7.53. The number of nitrogens with zero attached hydrogens (tertiary/aromatic N) is 6. The third kappa shape index (κ3) is 5.08. The number of H-pyrrole nitrogens is 1. The SMILES string of the molecule is CC(=O)c1ccc(-c2nccnc2N2CCN(C(c3ccccn3)c3cn[nH]c3C)CC2)cc1.Cl. The van der Waals surface area contributed by atoms with Crippen molar-refractivity contribution < 1.29 is 4.79 Å². The number of ketones is 1. The van der Waals surface area contributed by atoms with Crippen molar-refractivity contribution in [2.24, 2.45) is 0 Å². The summed E-state index contributed by atoms with van der Waals surface area (Å²) in [5.41, 5.74) is 5.71. The second-order valence-electron chi connectivity index (χ2n) is 8.49. The fourth-order valence-electron chi connectivity index (χ4n) is 4.54. The number of nitrogens with one attached hydrogen (secondary N) is 1. The van der Waals surface area contributed by atoms with E-state index in [9.17, 15) is 4.79 Å². The fraction of sp³-hybridized carbons (Fsp3) is 0.269. The molecule has 0 radical (unpaired) electrons. The van der Waals surface area contributed by atoms with Gasteiger partial charge in [0.1, 0.15) is 5.69 Å². The lowest BCUT2D eigenvalue weighted by atomic mass is 10.0. The van der Waals surface area contributed by atoms with Crippen LogP contribution in [0.25, 0.3) is 11.3 Å². The number of pyridine rings is 1. The Morgan fingerprint density at radius 2 is 1.69 bits per heavy atom. The molecule has 0 aliphatic carbocycles. The van der Waals surface area contributed by atoms with Gasteiger partial charge < -0.3 is 4.90 Å². The van der Waals surface area contributed by atoms with Gasteiger partial charge in [-0.3, -0.25) is 24.8 Å². The van der Waals surface area contributed by atoms with Gasteiger partial charge in [-0.15, -0.1) is 12.4 Å². The predicted octanol–water partition coefficient (Wildman–Crippen LogP) is 4.11. The lowest BCUT2D eigenvalue weighted by molar-refractivity contribution is 0.101. The van der Waals surface area contributed by atoms with Crippen LogP contribution in [0.5, 0.6) is 0 Å². The molecule has 1 unspecified atom stereocenters. The standard InChI is InChI=1S/C26H27N7O.ClH/c1-18-22(17-30-31-18)25(23-5-3-4-10-27-23)32-13-15-33(16-14-32)26-24(28-11-12-29-26)21-8-6-20(7-9-21)19(2)34;/h3-12,17,25H,13-16H2,1-2H3,(H,30,31);1H. The van der Waals surface area contributed by atoms with Gasteiger partial charge in [-0.2, -0.15) is 5.10 Å². The van der Waals surface area contributed by atoms with Crippen LogP contribution in [-0.2, 0) is 0 Å². The van der Waals surface area contributed by atoms with Crippen molar-refractivity contribution in [1.29, 1.82) is 0 Å². The lowest BCUT2D eigenvalue weighted by Gasteiger charge is -2.39. The smallest absolute Gasteiger partial charge is 0.159 e. The molecule has 1 aliphatic heterocycles. The van der Waals surface area contributed by atoms with Crippen LogP contribution in [-0.4, -0.2) is 62.0 Å². The molecule has 1 aliphatic rings. The van der Waals surface area contributed by atoms with E-state index in [1.807, 2.05) is 48.8 Å². The van der Waals surface area contributed by atoms with E-state index in [0.29, 0.717) is 5.56 Å². The fourth-order valence-corrected chi connectivity index (χ4v) is 4.54. The summed E-state index contributed by atoms with van der Waals surface area (Å²) in [7, 11) is 0. The molecule has 3 aromatic heterocycles. The summed E-state index contributed by atoms with van der Waals surface area (Å²) in [6.45, 7) is 6.97. The van der Waals surface area contributed by atoms with Gasteiger partial charge in [0.25, 0.3) is 0 Å². The minimum atomic E-state index is 0. The molecule has 5 rings (SSSR count). The number of piperazine rings is 1. The van der Waals surface area contributed by atoms with Crippen LogP contribution in [0.4, 0.5) is 5.82 Å². The number of halogens is 1. The summed E-state index contributed by atoms with van der Waals surface area (Å²) in [4.78, 5) is 30.4. The molecular formula is C26H28ClN7O. The molecule has 4 heterocycles. The van der Waals surface area contributed by atoms with Gasteiger partial charge in [-0.05, 0) is 26.0 Å². The van der Waals surface area contributed by atoms with Crippen LogP contribution in [0.1, 0.15) is 40.3 Å². The third-order valence-corrected chi connectivity index (χ3v) is 6.35. The molecule has 1 fully saturated rings. The van der Waals surface area contributed by atoms with Crippen LogP contribution in [0, 0.1) is 6.92 Å². The predicted molar refractivity (Wildman–Crippen MR) is 138 cm³/mol. The van der Waals surface area contributed by atoms with E-state index in [1.165, 1.54) is 0 Å². The van der Waals surface area contributed by atoms with Gasteiger partial charge in [-0.25, -0.2) is 4.98 Å². The van der Waals surface area contributed by atoms with Gasteiger partial charge in [0.15, 0.2) is 11.6 Å².